The molecule has 2 aromatic heterocycles. The van der Waals surface area contributed by atoms with Gasteiger partial charge in [-0.15, -0.1) is 0 Å². The van der Waals surface area contributed by atoms with Gasteiger partial charge >= 0.3 is 0 Å². The SMILES string of the molecule is CC(C)C(NC(=O)c1ccnc(-n2ccnc2)c1)c1ccccc1. The van der Waals surface area contributed by atoms with Gasteiger partial charge in [-0.25, -0.2) is 9.97 Å². The predicted octanol–water partition coefficient (Wildman–Crippen LogP) is 3.39. The maximum atomic E-state index is 12.7. The average molecular weight is 320 g/mol. The molecule has 122 valence electrons. The largest absolute Gasteiger partial charge is 0.345 e. The number of nitrogens with zero attached hydrogens (tertiary/aromatic N) is 3. The third-order valence-corrected chi connectivity index (χ3v) is 3.89. The van der Waals surface area contributed by atoms with E-state index in [0.717, 1.165) is 5.56 Å². The molecule has 0 bridgehead atoms. The zero-order valence-corrected chi connectivity index (χ0v) is 13.8. The Morgan fingerprint density at radius 2 is 1.92 bits per heavy atom. The quantitative estimate of drug-likeness (QED) is 0.784. The molecule has 0 aliphatic heterocycles. The maximum absolute atomic E-state index is 12.7. The van der Waals surface area contributed by atoms with Crippen LogP contribution in [0, 0.1) is 5.92 Å². The second-order valence-corrected chi connectivity index (χ2v) is 5.98. The van der Waals surface area contributed by atoms with Gasteiger partial charge in [0.25, 0.3) is 5.91 Å². The number of rotatable bonds is 5. The molecule has 3 aromatic rings. The second-order valence-electron chi connectivity index (χ2n) is 5.98. The van der Waals surface area contributed by atoms with Crippen LogP contribution in [0.5, 0.6) is 0 Å². The normalized spacial score (nSPS) is 12.1. The number of aromatic nitrogens is 3. The zero-order valence-electron chi connectivity index (χ0n) is 13.8. The highest BCUT2D eigenvalue weighted by Crippen LogP contribution is 2.22. The highest BCUT2D eigenvalue weighted by atomic mass is 16.1. The van der Waals surface area contributed by atoms with E-state index in [2.05, 4.69) is 29.1 Å². The Labute approximate surface area is 141 Å². The maximum Gasteiger partial charge on any atom is 0.251 e. The van der Waals surface area contributed by atoms with Crippen LogP contribution in [-0.2, 0) is 0 Å². The summed E-state index contributed by atoms with van der Waals surface area (Å²) >= 11 is 0. The molecule has 0 aliphatic carbocycles. The Bertz CT molecular complexity index is 797. The van der Waals surface area contributed by atoms with E-state index in [0.29, 0.717) is 11.4 Å². The standard InChI is InChI=1S/C19H20N4O/c1-14(2)18(15-6-4-3-5-7-15)22-19(24)16-8-9-21-17(12-16)23-11-10-20-13-23/h3-14,18H,1-2H3,(H,22,24). The van der Waals surface area contributed by atoms with Gasteiger partial charge in [0.15, 0.2) is 0 Å². The number of carbonyl (C=O) groups is 1. The van der Waals surface area contributed by atoms with E-state index in [4.69, 9.17) is 0 Å². The number of nitrogens with one attached hydrogen (secondary N) is 1. The first-order valence-electron chi connectivity index (χ1n) is 7.95. The highest BCUT2D eigenvalue weighted by Gasteiger charge is 2.19. The summed E-state index contributed by atoms with van der Waals surface area (Å²) in [6.07, 6.45) is 6.77. The van der Waals surface area contributed by atoms with Gasteiger partial charge in [-0.1, -0.05) is 44.2 Å². The molecule has 5 heteroatoms. The van der Waals surface area contributed by atoms with Crippen molar-refractivity contribution in [3.8, 4) is 5.82 Å². The lowest BCUT2D eigenvalue weighted by atomic mass is 9.96. The van der Waals surface area contributed by atoms with Crippen LogP contribution in [0.1, 0.15) is 35.8 Å². The van der Waals surface area contributed by atoms with Crippen molar-refractivity contribution in [2.75, 3.05) is 0 Å². The number of imidazole rings is 1. The number of hydrogen-bond acceptors (Lipinski definition) is 3. The van der Waals surface area contributed by atoms with E-state index >= 15 is 0 Å². The molecule has 2 heterocycles. The number of benzene rings is 1. The van der Waals surface area contributed by atoms with Gasteiger partial charge in [0, 0.05) is 24.2 Å². The van der Waals surface area contributed by atoms with Crippen LogP contribution in [0.4, 0.5) is 0 Å². The fourth-order valence-electron chi connectivity index (χ4n) is 2.62. The smallest absolute Gasteiger partial charge is 0.251 e. The molecule has 1 N–H and O–H groups in total. The molecule has 1 aromatic carbocycles. The molecule has 0 radical (unpaired) electrons. The summed E-state index contributed by atoms with van der Waals surface area (Å²) in [6, 6.07) is 13.5. The predicted molar refractivity (Wildman–Crippen MR) is 92.8 cm³/mol. The molecule has 0 saturated carbocycles. The van der Waals surface area contributed by atoms with Crippen molar-refractivity contribution in [1.82, 2.24) is 19.9 Å². The third kappa shape index (κ3) is 3.51. The van der Waals surface area contributed by atoms with E-state index in [1.165, 1.54) is 0 Å². The second kappa shape index (κ2) is 7.08. The fourth-order valence-corrected chi connectivity index (χ4v) is 2.62. The number of pyridine rings is 1. The van der Waals surface area contributed by atoms with Crippen molar-refractivity contribution in [2.24, 2.45) is 5.92 Å². The van der Waals surface area contributed by atoms with E-state index < -0.39 is 0 Å². The molecular formula is C19H20N4O. The topological polar surface area (TPSA) is 59.8 Å². The summed E-state index contributed by atoms with van der Waals surface area (Å²) in [7, 11) is 0. The summed E-state index contributed by atoms with van der Waals surface area (Å²) in [5.41, 5.74) is 1.68. The first-order valence-corrected chi connectivity index (χ1v) is 7.95. The lowest BCUT2D eigenvalue weighted by molar-refractivity contribution is 0.0925. The lowest BCUT2D eigenvalue weighted by Crippen LogP contribution is -2.31. The lowest BCUT2D eigenvalue weighted by Gasteiger charge is -2.23. The number of carbonyl (C=O) groups excluding carboxylic acids is 1. The summed E-state index contributed by atoms with van der Waals surface area (Å²) in [5, 5.41) is 3.13. The van der Waals surface area contributed by atoms with Crippen LogP contribution in [-0.4, -0.2) is 20.4 Å². The van der Waals surface area contributed by atoms with Gasteiger partial charge in [-0.05, 0) is 23.6 Å². The van der Waals surface area contributed by atoms with Crippen LogP contribution >= 0.6 is 0 Å². The summed E-state index contributed by atoms with van der Waals surface area (Å²) < 4.78 is 1.77. The van der Waals surface area contributed by atoms with Gasteiger partial charge < -0.3 is 5.32 Å². The summed E-state index contributed by atoms with van der Waals surface area (Å²) in [4.78, 5) is 21.0. The van der Waals surface area contributed by atoms with Crippen molar-refractivity contribution < 1.29 is 4.79 Å². The van der Waals surface area contributed by atoms with Crippen molar-refractivity contribution in [3.63, 3.8) is 0 Å². The molecule has 5 nitrogen and oxygen atoms in total. The number of amides is 1. The monoisotopic (exact) mass is 320 g/mol. The van der Waals surface area contributed by atoms with Gasteiger partial charge in [-0.2, -0.15) is 0 Å². The highest BCUT2D eigenvalue weighted by molar-refractivity contribution is 5.94. The molecule has 0 saturated heterocycles. The molecule has 0 spiro atoms. The minimum absolute atomic E-state index is 0.0384. The van der Waals surface area contributed by atoms with E-state index in [1.807, 2.05) is 30.3 Å². The average Bonchev–Trinajstić information content (AvgIpc) is 3.15. The van der Waals surface area contributed by atoms with Crippen molar-refractivity contribution in [3.05, 3.63) is 78.5 Å². The van der Waals surface area contributed by atoms with E-state index in [1.54, 1.807) is 41.6 Å². The first-order chi connectivity index (χ1) is 11.6. The Balaban J connectivity index is 1.82. The van der Waals surface area contributed by atoms with Crippen molar-refractivity contribution in [1.29, 1.82) is 0 Å². The minimum Gasteiger partial charge on any atom is -0.345 e. The Morgan fingerprint density at radius 3 is 2.58 bits per heavy atom. The zero-order chi connectivity index (χ0) is 16.9. The molecular weight excluding hydrogens is 300 g/mol. The molecule has 3 rings (SSSR count). The van der Waals surface area contributed by atoms with Crippen LogP contribution in [0.25, 0.3) is 5.82 Å². The van der Waals surface area contributed by atoms with E-state index in [-0.39, 0.29) is 17.9 Å². The molecule has 0 aliphatic rings. The summed E-state index contributed by atoms with van der Waals surface area (Å²) in [6.45, 7) is 4.20. The number of hydrogen-bond donors (Lipinski definition) is 1. The van der Waals surface area contributed by atoms with Crippen molar-refractivity contribution in [2.45, 2.75) is 19.9 Å². The van der Waals surface area contributed by atoms with Crippen LogP contribution < -0.4 is 5.32 Å². The van der Waals surface area contributed by atoms with E-state index in [9.17, 15) is 4.79 Å². The fraction of sp³-hybridized carbons (Fsp3) is 0.211. The Kier molecular flexibility index (Phi) is 4.70. The minimum atomic E-state index is -0.110. The third-order valence-electron chi connectivity index (χ3n) is 3.89. The van der Waals surface area contributed by atoms with Gasteiger partial charge in [0.05, 0.1) is 6.04 Å². The Hall–Kier alpha value is -2.95. The van der Waals surface area contributed by atoms with Crippen LogP contribution in [0.2, 0.25) is 0 Å². The van der Waals surface area contributed by atoms with Crippen LogP contribution in [0.15, 0.2) is 67.4 Å². The molecule has 24 heavy (non-hydrogen) atoms. The van der Waals surface area contributed by atoms with Gasteiger partial charge in [-0.3, -0.25) is 9.36 Å². The molecule has 1 unspecified atom stereocenters. The van der Waals surface area contributed by atoms with Gasteiger partial charge in [0.2, 0.25) is 0 Å². The molecule has 1 atom stereocenters. The van der Waals surface area contributed by atoms with Gasteiger partial charge in [0.1, 0.15) is 12.1 Å². The van der Waals surface area contributed by atoms with Crippen molar-refractivity contribution >= 4 is 5.91 Å². The van der Waals surface area contributed by atoms with Crippen LogP contribution in [0.3, 0.4) is 0 Å². The molecule has 1 amide bonds. The molecule has 0 fully saturated rings. The Morgan fingerprint density at radius 1 is 1.12 bits per heavy atom. The summed E-state index contributed by atoms with van der Waals surface area (Å²) in [5.74, 6) is 0.841. The first kappa shape index (κ1) is 15.9.